The average molecular weight is 229 g/mol. The molecule has 0 atom stereocenters. The van der Waals surface area contributed by atoms with Crippen molar-refractivity contribution in [2.45, 2.75) is 13.8 Å². The third-order valence-corrected chi connectivity index (χ3v) is 2.70. The van der Waals surface area contributed by atoms with E-state index in [-0.39, 0.29) is 11.7 Å². The number of pyridine rings is 1. The minimum atomic E-state index is -0.0140. The Morgan fingerprint density at radius 2 is 2.06 bits per heavy atom. The smallest absolute Gasteiger partial charge is 0.166 e. The fourth-order valence-electron chi connectivity index (χ4n) is 1.70. The number of benzene rings is 1. The van der Waals surface area contributed by atoms with Crippen molar-refractivity contribution in [1.82, 2.24) is 4.98 Å². The summed E-state index contributed by atoms with van der Waals surface area (Å²) in [7, 11) is 1.62. The predicted molar refractivity (Wildman–Crippen MR) is 67.5 cm³/mol. The third-order valence-electron chi connectivity index (χ3n) is 2.70. The fourth-order valence-corrected chi connectivity index (χ4v) is 1.70. The van der Waals surface area contributed by atoms with Crippen LogP contribution in [0.3, 0.4) is 0 Å². The number of nitrogens with zero attached hydrogens (tertiary/aromatic N) is 1. The quantitative estimate of drug-likeness (QED) is 0.759. The highest BCUT2D eigenvalue weighted by atomic mass is 16.5. The van der Waals surface area contributed by atoms with Crippen LogP contribution < -0.4 is 4.74 Å². The van der Waals surface area contributed by atoms with Crippen LogP contribution in [0.5, 0.6) is 5.75 Å². The lowest BCUT2D eigenvalue weighted by Gasteiger charge is -2.06. The Labute approximate surface area is 100 Å². The molecule has 0 N–H and O–H groups in total. The fraction of sp³-hybridized carbons (Fsp3) is 0.286. The van der Waals surface area contributed by atoms with E-state index in [2.05, 4.69) is 4.98 Å². The number of ketones is 1. The summed E-state index contributed by atoms with van der Waals surface area (Å²) in [5.74, 6) is 0.871. The Hall–Kier alpha value is -1.90. The second-order valence-electron chi connectivity index (χ2n) is 4.30. The van der Waals surface area contributed by atoms with Gasteiger partial charge in [0.25, 0.3) is 0 Å². The van der Waals surface area contributed by atoms with E-state index in [1.807, 2.05) is 38.1 Å². The van der Waals surface area contributed by atoms with Gasteiger partial charge in [-0.25, -0.2) is 0 Å². The largest absolute Gasteiger partial charge is 0.497 e. The highest BCUT2D eigenvalue weighted by molar-refractivity contribution is 6.00. The molecule has 0 aliphatic rings. The molecule has 0 aliphatic carbocycles. The molecule has 0 spiro atoms. The zero-order chi connectivity index (χ0) is 12.4. The first kappa shape index (κ1) is 11.6. The van der Waals surface area contributed by atoms with Crippen LogP contribution in [-0.2, 0) is 0 Å². The van der Waals surface area contributed by atoms with E-state index in [1.54, 1.807) is 13.3 Å². The van der Waals surface area contributed by atoms with E-state index in [1.165, 1.54) is 0 Å². The van der Waals surface area contributed by atoms with Crippen LogP contribution in [0.25, 0.3) is 10.9 Å². The van der Waals surface area contributed by atoms with Crippen molar-refractivity contribution in [1.29, 1.82) is 0 Å². The van der Waals surface area contributed by atoms with Gasteiger partial charge in [-0.05, 0) is 24.3 Å². The highest BCUT2D eigenvalue weighted by Gasteiger charge is 2.11. The number of hydrogen-bond acceptors (Lipinski definition) is 3. The first-order chi connectivity index (χ1) is 8.11. The van der Waals surface area contributed by atoms with Crippen LogP contribution in [0.1, 0.15) is 24.2 Å². The van der Waals surface area contributed by atoms with E-state index in [4.69, 9.17) is 4.74 Å². The lowest BCUT2D eigenvalue weighted by atomic mass is 10.0. The van der Waals surface area contributed by atoms with Gasteiger partial charge < -0.3 is 4.74 Å². The maximum atomic E-state index is 11.9. The third kappa shape index (κ3) is 2.28. The van der Waals surface area contributed by atoms with Gasteiger partial charge in [0.15, 0.2) is 5.78 Å². The number of aromatic nitrogens is 1. The van der Waals surface area contributed by atoms with Crippen LogP contribution in [0.4, 0.5) is 0 Å². The summed E-state index contributed by atoms with van der Waals surface area (Å²) in [6.07, 6.45) is 1.64. The Morgan fingerprint density at radius 3 is 2.71 bits per heavy atom. The van der Waals surface area contributed by atoms with E-state index in [0.717, 1.165) is 16.7 Å². The van der Waals surface area contributed by atoms with Crippen molar-refractivity contribution in [3.05, 3.63) is 36.0 Å². The second kappa shape index (κ2) is 4.53. The summed E-state index contributed by atoms with van der Waals surface area (Å²) in [6, 6.07) is 7.50. The van der Waals surface area contributed by atoms with E-state index < -0.39 is 0 Å². The van der Waals surface area contributed by atoms with Gasteiger partial charge in [-0.15, -0.1) is 0 Å². The standard InChI is InChI=1S/C14H15NO2/c1-9(2)14(16)11-6-10-7-12(17-3)4-5-13(10)15-8-11/h4-9H,1-3H3. The number of fused-ring (bicyclic) bond motifs is 1. The molecule has 0 aliphatic heterocycles. The normalized spacial score (nSPS) is 10.8. The van der Waals surface area contributed by atoms with Crippen molar-refractivity contribution in [3.8, 4) is 5.75 Å². The highest BCUT2D eigenvalue weighted by Crippen LogP contribution is 2.21. The first-order valence-corrected chi connectivity index (χ1v) is 5.60. The summed E-state index contributed by atoms with van der Waals surface area (Å²) in [5, 5.41) is 0.927. The van der Waals surface area contributed by atoms with E-state index >= 15 is 0 Å². The van der Waals surface area contributed by atoms with E-state index in [9.17, 15) is 4.79 Å². The predicted octanol–water partition coefficient (Wildman–Crippen LogP) is 3.08. The maximum Gasteiger partial charge on any atom is 0.166 e. The SMILES string of the molecule is COc1ccc2ncc(C(=O)C(C)C)cc2c1. The van der Waals surface area contributed by atoms with Crippen LogP contribution in [0.15, 0.2) is 30.5 Å². The molecule has 17 heavy (non-hydrogen) atoms. The lowest BCUT2D eigenvalue weighted by Crippen LogP contribution is -2.07. The summed E-state index contributed by atoms with van der Waals surface area (Å²) < 4.78 is 5.16. The number of Topliss-reactive ketones (excluding diaryl/α,β-unsaturated/α-hetero) is 1. The second-order valence-corrected chi connectivity index (χ2v) is 4.30. The minimum absolute atomic E-state index is 0.0140. The average Bonchev–Trinajstić information content (AvgIpc) is 2.36. The van der Waals surface area contributed by atoms with Gasteiger partial charge in [0, 0.05) is 23.1 Å². The molecule has 0 radical (unpaired) electrons. The number of rotatable bonds is 3. The molecule has 1 heterocycles. The maximum absolute atomic E-state index is 11.9. The summed E-state index contributed by atoms with van der Waals surface area (Å²) >= 11 is 0. The molecular weight excluding hydrogens is 214 g/mol. The van der Waals surface area contributed by atoms with Crippen molar-refractivity contribution in [2.24, 2.45) is 5.92 Å². The lowest BCUT2D eigenvalue weighted by molar-refractivity contribution is 0.0939. The van der Waals surface area contributed by atoms with Gasteiger partial charge in [-0.1, -0.05) is 13.8 Å². The van der Waals surface area contributed by atoms with Gasteiger partial charge in [0.05, 0.1) is 12.6 Å². The molecule has 0 saturated heterocycles. The van der Waals surface area contributed by atoms with E-state index in [0.29, 0.717) is 5.56 Å². The molecule has 0 saturated carbocycles. The molecule has 2 rings (SSSR count). The number of ether oxygens (including phenoxy) is 1. The molecule has 88 valence electrons. The Kier molecular flexibility index (Phi) is 3.09. The minimum Gasteiger partial charge on any atom is -0.497 e. The van der Waals surface area contributed by atoms with Crippen LogP contribution >= 0.6 is 0 Å². The zero-order valence-electron chi connectivity index (χ0n) is 10.2. The zero-order valence-corrected chi connectivity index (χ0v) is 10.2. The van der Waals surface area contributed by atoms with Crippen molar-refractivity contribution in [2.75, 3.05) is 7.11 Å². The van der Waals surface area contributed by atoms with Crippen LogP contribution in [-0.4, -0.2) is 17.9 Å². The monoisotopic (exact) mass is 229 g/mol. The Balaban J connectivity index is 2.51. The topological polar surface area (TPSA) is 39.2 Å². The summed E-state index contributed by atoms with van der Waals surface area (Å²) in [5.41, 5.74) is 1.52. The molecule has 1 aromatic carbocycles. The molecule has 1 aromatic heterocycles. The Morgan fingerprint density at radius 1 is 1.29 bits per heavy atom. The van der Waals surface area contributed by atoms with Gasteiger partial charge in [-0.2, -0.15) is 0 Å². The van der Waals surface area contributed by atoms with Crippen LogP contribution in [0, 0.1) is 5.92 Å². The van der Waals surface area contributed by atoms with Gasteiger partial charge >= 0.3 is 0 Å². The first-order valence-electron chi connectivity index (χ1n) is 5.60. The molecule has 0 bridgehead atoms. The molecule has 2 aromatic rings. The molecule has 0 unspecified atom stereocenters. The molecular formula is C14H15NO2. The van der Waals surface area contributed by atoms with Crippen molar-refractivity contribution in [3.63, 3.8) is 0 Å². The molecule has 3 heteroatoms. The molecule has 0 fully saturated rings. The van der Waals surface area contributed by atoms with Gasteiger partial charge in [-0.3, -0.25) is 9.78 Å². The van der Waals surface area contributed by atoms with Gasteiger partial charge in [0.2, 0.25) is 0 Å². The number of methoxy groups -OCH3 is 1. The van der Waals surface area contributed by atoms with Crippen molar-refractivity contribution >= 4 is 16.7 Å². The summed E-state index contributed by atoms with van der Waals surface area (Å²) in [6.45, 7) is 3.77. The number of carbonyl (C=O) groups is 1. The van der Waals surface area contributed by atoms with Crippen LogP contribution in [0.2, 0.25) is 0 Å². The number of carbonyl (C=O) groups excluding carboxylic acids is 1. The van der Waals surface area contributed by atoms with Gasteiger partial charge in [0.1, 0.15) is 5.75 Å². The summed E-state index contributed by atoms with van der Waals surface area (Å²) in [4.78, 5) is 16.2. The molecule has 3 nitrogen and oxygen atoms in total. The molecule has 0 amide bonds. The number of hydrogen-bond donors (Lipinski definition) is 0. The van der Waals surface area contributed by atoms with Crippen molar-refractivity contribution < 1.29 is 9.53 Å². The Bertz CT molecular complexity index is 561.